The van der Waals surface area contributed by atoms with Crippen LogP contribution in [0, 0.1) is 5.82 Å². The van der Waals surface area contributed by atoms with Gasteiger partial charge in [0.1, 0.15) is 17.2 Å². The van der Waals surface area contributed by atoms with E-state index in [2.05, 4.69) is 15.9 Å². The molecule has 0 aliphatic heterocycles. The lowest BCUT2D eigenvalue weighted by Gasteiger charge is -2.09. The van der Waals surface area contributed by atoms with E-state index in [-0.39, 0.29) is 5.82 Å². The highest BCUT2D eigenvalue weighted by atomic mass is 79.9. The van der Waals surface area contributed by atoms with E-state index in [0.29, 0.717) is 26.4 Å². The minimum absolute atomic E-state index is 0.344. The van der Waals surface area contributed by atoms with Crippen molar-refractivity contribution in [3.8, 4) is 0 Å². The van der Waals surface area contributed by atoms with E-state index in [1.165, 1.54) is 12.1 Å². The summed E-state index contributed by atoms with van der Waals surface area (Å²) in [4.78, 5) is 0. The van der Waals surface area contributed by atoms with E-state index in [9.17, 15) is 4.39 Å². The van der Waals surface area contributed by atoms with Crippen LogP contribution in [0.15, 0.2) is 51.4 Å². The van der Waals surface area contributed by atoms with Gasteiger partial charge in [-0.05, 0) is 48.0 Å². The lowest BCUT2D eigenvalue weighted by atomic mass is 10.1. The molecule has 0 saturated carbocycles. The molecule has 0 radical (unpaired) electrons. The fourth-order valence-electron chi connectivity index (χ4n) is 2.11. The highest BCUT2D eigenvalue weighted by molar-refractivity contribution is 9.10. The van der Waals surface area contributed by atoms with Crippen molar-refractivity contribution in [3.05, 3.63) is 69.1 Å². The molecule has 0 saturated heterocycles. The number of benzene rings is 2. The zero-order valence-corrected chi connectivity index (χ0v) is 12.6. The molecule has 1 heterocycles. The summed E-state index contributed by atoms with van der Waals surface area (Å²) in [6.45, 7) is 0. The van der Waals surface area contributed by atoms with Crippen LogP contribution in [0.3, 0.4) is 0 Å². The van der Waals surface area contributed by atoms with Crippen LogP contribution in [-0.4, -0.2) is 0 Å². The van der Waals surface area contributed by atoms with Crippen LogP contribution < -0.4 is 5.73 Å². The minimum atomic E-state index is -0.534. The van der Waals surface area contributed by atoms with Crippen LogP contribution in [0.25, 0.3) is 11.0 Å². The van der Waals surface area contributed by atoms with Crippen LogP contribution in [0.1, 0.15) is 17.4 Å². The van der Waals surface area contributed by atoms with Crippen LogP contribution in [0.5, 0.6) is 0 Å². The number of furan rings is 1. The molecule has 0 bridgehead atoms. The number of halogens is 3. The second-order valence-electron chi connectivity index (χ2n) is 4.51. The maximum atomic E-state index is 13.4. The quantitative estimate of drug-likeness (QED) is 0.700. The summed E-state index contributed by atoms with van der Waals surface area (Å²) in [5, 5.41) is 1.50. The Hall–Kier alpha value is -1.36. The summed E-state index contributed by atoms with van der Waals surface area (Å²) in [6.07, 6.45) is 0. The molecule has 2 nitrogen and oxygen atoms in total. The molecule has 0 aliphatic rings. The summed E-state index contributed by atoms with van der Waals surface area (Å²) in [5.41, 5.74) is 7.49. The number of hydrogen-bond donors (Lipinski definition) is 1. The van der Waals surface area contributed by atoms with E-state index in [1.54, 1.807) is 24.3 Å². The molecule has 0 amide bonds. The molecular weight excluding hydrogens is 345 g/mol. The summed E-state index contributed by atoms with van der Waals surface area (Å²) in [7, 11) is 0. The fourth-order valence-corrected chi connectivity index (χ4v) is 2.77. The van der Waals surface area contributed by atoms with Crippen molar-refractivity contribution in [3.63, 3.8) is 0 Å². The SMILES string of the molecule is NC(c1cc(F)cc(Br)c1)c1cc2cc(Cl)ccc2o1. The first kappa shape index (κ1) is 13.6. The zero-order valence-electron chi connectivity index (χ0n) is 10.2. The molecule has 2 N–H and O–H groups in total. The van der Waals surface area contributed by atoms with Gasteiger partial charge >= 0.3 is 0 Å². The average Bonchev–Trinajstić information content (AvgIpc) is 2.79. The molecule has 0 spiro atoms. The molecule has 5 heteroatoms. The van der Waals surface area contributed by atoms with Gasteiger partial charge in [0.2, 0.25) is 0 Å². The molecular formula is C15H10BrClFNO. The predicted octanol–water partition coefficient (Wildman–Crippen LogP) is 5.04. The molecule has 0 aliphatic carbocycles. The Balaban J connectivity index is 2.05. The molecule has 1 aromatic heterocycles. The van der Waals surface area contributed by atoms with Gasteiger partial charge in [-0.1, -0.05) is 27.5 Å². The standard InChI is InChI=1S/C15H10BrClFNO/c16-10-3-9(5-12(18)7-10)15(19)14-6-8-4-11(17)1-2-13(8)20-14/h1-7,15H,19H2. The van der Waals surface area contributed by atoms with Gasteiger partial charge < -0.3 is 10.2 Å². The molecule has 20 heavy (non-hydrogen) atoms. The second-order valence-corrected chi connectivity index (χ2v) is 5.86. The van der Waals surface area contributed by atoms with Crippen molar-refractivity contribution < 1.29 is 8.81 Å². The van der Waals surface area contributed by atoms with Crippen LogP contribution in [0.4, 0.5) is 4.39 Å². The summed E-state index contributed by atoms with van der Waals surface area (Å²) >= 11 is 9.19. The summed E-state index contributed by atoms with van der Waals surface area (Å²) < 4.78 is 19.8. The van der Waals surface area contributed by atoms with Gasteiger partial charge in [-0.2, -0.15) is 0 Å². The number of rotatable bonds is 2. The van der Waals surface area contributed by atoms with Gasteiger partial charge in [0.15, 0.2) is 0 Å². The lowest BCUT2D eigenvalue weighted by Crippen LogP contribution is -2.11. The Morgan fingerprint density at radius 2 is 1.95 bits per heavy atom. The van der Waals surface area contributed by atoms with Crippen LogP contribution in [0.2, 0.25) is 5.02 Å². The number of nitrogens with two attached hydrogens (primary N) is 1. The van der Waals surface area contributed by atoms with Crippen molar-refractivity contribution in [1.29, 1.82) is 0 Å². The molecule has 1 unspecified atom stereocenters. The molecule has 1 atom stereocenters. The van der Waals surface area contributed by atoms with E-state index in [1.807, 2.05) is 6.07 Å². The van der Waals surface area contributed by atoms with Crippen LogP contribution in [-0.2, 0) is 0 Å². The third kappa shape index (κ3) is 2.59. The van der Waals surface area contributed by atoms with Crippen molar-refractivity contribution in [2.75, 3.05) is 0 Å². The Morgan fingerprint density at radius 1 is 1.15 bits per heavy atom. The van der Waals surface area contributed by atoms with Gasteiger partial charge in [0.05, 0.1) is 6.04 Å². The normalized spacial score (nSPS) is 12.8. The molecule has 3 aromatic rings. The smallest absolute Gasteiger partial charge is 0.134 e. The number of fused-ring (bicyclic) bond motifs is 1. The molecule has 2 aromatic carbocycles. The minimum Gasteiger partial charge on any atom is -0.459 e. The monoisotopic (exact) mass is 353 g/mol. The average molecular weight is 355 g/mol. The lowest BCUT2D eigenvalue weighted by molar-refractivity contribution is 0.523. The Morgan fingerprint density at radius 3 is 2.70 bits per heavy atom. The van der Waals surface area contributed by atoms with Crippen molar-refractivity contribution in [2.45, 2.75) is 6.04 Å². The third-order valence-corrected chi connectivity index (χ3v) is 3.74. The molecule has 0 fully saturated rings. The number of hydrogen-bond acceptors (Lipinski definition) is 2. The van der Waals surface area contributed by atoms with Gasteiger partial charge in [-0.3, -0.25) is 0 Å². The first-order chi connectivity index (χ1) is 9.52. The van der Waals surface area contributed by atoms with E-state index >= 15 is 0 Å². The van der Waals surface area contributed by atoms with Crippen molar-refractivity contribution in [1.82, 2.24) is 0 Å². The zero-order chi connectivity index (χ0) is 14.3. The maximum Gasteiger partial charge on any atom is 0.134 e. The predicted molar refractivity (Wildman–Crippen MR) is 81.4 cm³/mol. The topological polar surface area (TPSA) is 39.2 Å². The van der Waals surface area contributed by atoms with Gasteiger partial charge in [0, 0.05) is 14.9 Å². The first-order valence-corrected chi connectivity index (χ1v) is 7.10. The van der Waals surface area contributed by atoms with E-state index in [4.69, 9.17) is 21.8 Å². The van der Waals surface area contributed by atoms with Crippen molar-refractivity contribution in [2.24, 2.45) is 5.73 Å². The highest BCUT2D eigenvalue weighted by Crippen LogP contribution is 2.29. The molecule has 3 rings (SSSR count). The van der Waals surface area contributed by atoms with Gasteiger partial charge in [-0.15, -0.1) is 0 Å². The van der Waals surface area contributed by atoms with Gasteiger partial charge in [0.25, 0.3) is 0 Å². The van der Waals surface area contributed by atoms with Crippen LogP contribution >= 0.6 is 27.5 Å². The van der Waals surface area contributed by atoms with Crippen molar-refractivity contribution >= 4 is 38.5 Å². The Bertz CT molecular complexity index is 766. The largest absolute Gasteiger partial charge is 0.459 e. The Labute approximate surface area is 128 Å². The van der Waals surface area contributed by atoms with Gasteiger partial charge in [-0.25, -0.2) is 4.39 Å². The summed E-state index contributed by atoms with van der Waals surface area (Å²) in [5.74, 6) is 0.226. The van der Waals surface area contributed by atoms with E-state index in [0.717, 1.165) is 5.39 Å². The molecule has 102 valence electrons. The first-order valence-electron chi connectivity index (χ1n) is 5.93. The third-order valence-electron chi connectivity index (χ3n) is 3.05. The maximum absolute atomic E-state index is 13.4. The fraction of sp³-hybridized carbons (Fsp3) is 0.0667. The Kier molecular flexibility index (Phi) is 3.54. The highest BCUT2D eigenvalue weighted by Gasteiger charge is 2.15. The summed E-state index contributed by atoms with van der Waals surface area (Å²) in [6, 6.07) is 11.2. The van der Waals surface area contributed by atoms with E-state index < -0.39 is 6.04 Å². The second kappa shape index (κ2) is 5.20.